The molecule has 0 aromatic heterocycles. The molecule has 0 spiro atoms. The molecule has 1 N–H and O–H groups in total. The van der Waals surface area contributed by atoms with E-state index < -0.39 is 22.2 Å². The first-order valence-corrected chi connectivity index (χ1v) is 4.73. The second kappa shape index (κ2) is 3.96. The Bertz CT molecular complexity index is 314. The Balaban J connectivity index is 2.83. The second-order valence-electron chi connectivity index (χ2n) is 4.16. The molecule has 1 saturated carbocycles. The molecule has 2 unspecified atom stereocenters. The van der Waals surface area contributed by atoms with E-state index in [1.165, 1.54) is 6.92 Å². The van der Waals surface area contributed by atoms with E-state index in [1.807, 2.05) is 0 Å². The van der Waals surface area contributed by atoms with Crippen LogP contribution in [-0.4, -0.2) is 28.3 Å². The van der Waals surface area contributed by atoms with Gasteiger partial charge in [0.25, 0.3) is 0 Å². The molecule has 1 rings (SSSR count). The van der Waals surface area contributed by atoms with Crippen LogP contribution in [0.3, 0.4) is 0 Å². The minimum absolute atomic E-state index is 0.170. The maximum atomic E-state index is 11.5. The molecule has 0 heterocycles. The summed E-state index contributed by atoms with van der Waals surface area (Å²) in [6, 6.07) is 0. The fraction of sp³-hybridized carbons (Fsp3) is 0.778. The van der Waals surface area contributed by atoms with Crippen molar-refractivity contribution in [2.75, 3.05) is 6.54 Å². The minimum atomic E-state index is -1.08. The zero-order valence-corrected chi connectivity index (χ0v) is 8.43. The summed E-state index contributed by atoms with van der Waals surface area (Å²) in [5.74, 6) is -1.70. The molecular weight excluding hydrogens is 202 g/mol. The van der Waals surface area contributed by atoms with Crippen LogP contribution in [0.5, 0.6) is 0 Å². The van der Waals surface area contributed by atoms with Crippen molar-refractivity contribution in [2.45, 2.75) is 26.2 Å². The lowest BCUT2D eigenvalue weighted by Crippen LogP contribution is -2.35. The predicted octanol–water partition coefficient (Wildman–Crippen LogP) is 0.723. The molecule has 15 heavy (non-hydrogen) atoms. The van der Waals surface area contributed by atoms with Gasteiger partial charge in [0.05, 0.1) is 6.42 Å². The van der Waals surface area contributed by atoms with Gasteiger partial charge in [-0.2, -0.15) is 0 Å². The van der Waals surface area contributed by atoms with Crippen LogP contribution in [0.1, 0.15) is 26.2 Å². The average Bonchev–Trinajstić information content (AvgIpc) is 2.31. The number of hydrogen-bond acceptors (Lipinski definition) is 4. The normalized spacial score (nSPS) is 30.5. The number of Topliss-reactive ketones (excluding diaryl/α,β-unsaturated/α-hetero) is 1. The molecule has 0 amide bonds. The van der Waals surface area contributed by atoms with E-state index in [-0.39, 0.29) is 25.2 Å². The first-order chi connectivity index (χ1) is 6.86. The van der Waals surface area contributed by atoms with Crippen molar-refractivity contribution in [3.05, 3.63) is 10.1 Å². The van der Waals surface area contributed by atoms with Crippen molar-refractivity contribution < 1.29 is 19.6 Å². The lowest BCUT2D eigenvalue weighted by molar-refractivity contribution is -0.490. The van der Waals surface area contributed by atoms with Gasteiger partial charge in [0.15, 0.2) is 0 Å². The maximum absolute atomic E-state index is 11.5. The number of carbonyl (C=O) groups is 2. The minimum Gasteiger partial charge on any atom is -0.481 e. The van der Waals surface area contributed by atoms with E-state index in [0.717, 1.165) is 0 Å². The van der Waals surface area contributed by atoms with Gasteiger partial charge in [-0.25, -0.2) is 0 Å². The summed E-state index contributed by atoms with van der Waals surface area (Å²) in [6.07, 6.45) is 0.357. The van der Waals surface area contributed by atoms with Gasteiger partial charge >= 0.3 is 5.97 Å². The third-order valence-electron chi connectivity index (χ3n) is 3.15. The van der Waals surface area contributed by atoms with Gasteiger partial charge in [0.2, 0.25) is 6.54 Å². The molecule has 2 atom stereocenters. The molecule has 1 aliphatic rings. The highest BCUT2D eigenvalue weighted by molar-refractivity contribution is 5.90. The Morgan fingerprint density at radius 3 is 2.80 bits per heavy atom. The molecule has 0 aromatic carbocycles. The lowest BCUT2D eigenvalue weighted by atomic mass is 9.76. The maximum Gasteiger partial charge on any atom is 0.304 e. The second-order valence-corrected chi connectivity index (χ2v) is 4.16. The van der Waals surface area contributed by atoms with E-state index in [2.05, 4.69) is 0 Å². The summed E-state index contributed by atoms with van der Waals surface area (Å²) in [5.41, 5.74) is -1.06. The molecule has 6 nitrogen and oxygen atoms in total. The number of aliphatic carboxylic acids is 1. The van der Waals surface area contributed by atoms with E-state index in [9.17, 15) is 19.7 Å². The van der Waals surface area contributed by atoms with Crippen LogP contribution in [0.2, 0.25) is 0 Å². The van der Waals surface area contributed by atoms with Crippen molar-refractivity contribution in [3.8, 4) is 0 Å². The van der Waals surface area contributed by atoms with Crippen molar-refractivity contribution in [1.82, 2.24) is 0 Å². The largest absolute Gasteiger partial charge is 0.481 e. The average molecular weight is 215 g/mol. The zero-order chi connectivity index (χ0) is 11.6. The molecule has 0 aromatic rings. The fourth-order valence-corrected chi connectivity index (χ4v) is 2.17. The predicted molar refractivity (Wildman–Crippen MR) is 50.0 cm³/mol. The van der Waals surface area contributed by atoms with Crippen molar-refractivity contribution in [3.63, 3.8) is 0 Å². The summed E-state index contributed by atoms with van der Waals surface area (Å²) in [5, 5.41) is 19.1. The van der Waals surface area contributed by atoms with Crippen LogP contribution >= 0.6 is 0 Å². The molecule has 0 aliphatic heterocycles. The summed E-state index contributed by atoms with van der Waals surface area (Å²) < 4.78 is 0. The van der Waals surface area contributed by atoms with Crippen molar-refractivity contribution in [2.24, 2.45) is 11.3 Å². The van der Waals surface area contributed by atoms with Gasteiger partial charge in [0.1, 0.15) is 5.78 Å². The number of hydrogen-bond donors (Lipinski definition) is 1. The van der Waals surface area contributed by atoms with Crippen LogP contribution < -0.4 is 0 Å². The fourth-order valence-electron chi connectivity index (χ4n) is 2.17. The number of rotatable bonds is 4. The van der Waals surface area contributed by atoms with Gasteiger partial charge in [-0.3, -0.25) is 19.7 Å². The topological polar surface area (TPSA) is 97.5 Å². The number of nitrogens with zero attached hydrogens (tertiary/aromatic N) is 1. The Hall–Kier alpha value is -1.46. The Labute approximate surface area is 86.4 Å². The van der Waals surface area contributed by atoms with Crippen molar-refractivity contribution in [1.29, 1.82) is 0 Å². The Morgan fingerprint density at radius 1 is 1.73 bits per heavy atom. The molecule has 0 radical (unpaired) electrons. The molecular formula is C9H13NO5. The summed E-state index contributed by atoms with van der Waals surface area (Å²) in [4.78, 5) is 32.1. The van der Waals surface area contributed by atoms with Crippen LogP contribution in [0.4, 0.5) is 0 Å². The van der Waals surface area contributed by atoms with Crippen molar-refractivity contribution >= 4 is 11.8 Å². The summed E-state index contributed by atoms with van der Waals surface area (Å²) in [6.45, 7) is 1.19. The van der Waals surface area contributed by atoms with Gasteiger partial charge in [-0.1, -0.05) is 6.92 Å². The number of ketones is 1. The summed E-state index contributed by atoms with van der Waals surface area (Å²) in [7, 11) is 0. The number of carboxylic acid groups (broad SMARTS) is 1. The first kappa shape index (κ1) is 11.6. The van der Waals surface area contributed by atoms with E-state index in [0.29, 0.717) is 6.42 Å². The zero-order valence-electron chi connectivity index (χ0n) is 8.43. The van der Waals surface area contributed by atoms with E-state index in [4.69, 9.17) is 5.11 Å². The van der Waals surface area contributed by atoms with Crippen LogP contribution in [0.25, 0.3) is 0 Å². The quantitative estimate of drug-likeness (QED) is 0.550. The number of nitro groups is 1. The smallest absolute Gasteiger partial charge is 0.304 e. The lowest BCUT2D eigenvalue weighted by Gasteiger charge is -2.25. The first-order valence-electron chi connectivity index (χ1n) is 4.73. The summed E-state index contributed by atoms with van der Waals surface area (Å²) >= 11 is 0. The van der Waals surface area contributed by atoms with Gasteiger partial charge in [0, 0.05) is 22.7 Å². The van der Waals surface area contributed by atoms with Gasteiger partial charge in [-0.15, -0.1) is 0 Å². The number of carbonyl (C=O) groups excluding carboxylic acids is 1. The Morgan fingerprint density at radius 2 is 2.33 bits per heavy atom. The SMILES string of the molecule is CC1(CC(=O)O)C(=O)CCC1C[N+](=O)[O-]. The Kier molecular flexibility index (Phi) is 3.06. The van der Waals surface area contributed by atoms with Crippen LogP contribution in [0.15, 0.2) is 0 Å². The highest BCUT2D eigenvalue weighted by Gasteiger charge is 2.49. The van der Waals surface area contributed by atoms with E-state index in [1.54, 1.807) is 0 Å². The van der Waals surface area contributed by atoms with Gasteiger partial charge < -0.3 is 5.11 Å². The third-order valence-corrected chi connectivity index (χ3v) is 3.15. The standard InChI is InChI=1S/C9H13NO5/c1-9(4-8(12)13)6(5-10(14)15)2-3-7(9)11/h6H,2-5H2,1H3,(H,12,13). The molecule has 0 bridgehead atoms. The molecule has 1 fully saturated rings. The molecule has 1 aliphatic carbocycles. The number of carboxylic acids is 1. The van der Waals surface area contributed by atoms with Gasteiger partial charge in [-0.05, 0) is 6.42 Å². The molecule has 6 heteroatoms. The monoisotopic (exact) mass is 215 g/mol. The highest BCUT2D eigenvalue weighted by atomic mass is 16.6. The van der Waals surface area contributed by atoms with E-state index >= 15 is 0 Å². The highest BCUT2D eigenvalue weighted by Crippen LogP contribution is 2.42. The van der Waals surface area contributed by atoms with Crippen LogP contribution in [0, 0.1) is 21.4 Å². The van der Waals surface area contributed by atoms with Crippen LogP contribution in [-0.2, 0) is 9.59 Å². The molecule has 84 valence electrons. The molecule has 0 saturated heterocycles. The third kappa shape index (κ3) is 2.31.